The summed E-state index contributed by atoms with van der Waals surface area (Å²) in [4.78, 5) is 24.0. The van der Waals surface area contributed by atoms with Crippen LogP contribution in [0.2, 0.25) is 5.02 Å². The topological polar surface area (TPSA) is 70.2 Å². The van der Waals surface area contributed by atoms with Gasteiger partial charge in [-0.05, 0) is 44.4 Å². The van der Waals surface area contributed by atoms with Gasteiger partial charge >= 0.3 is 0 Å². The number of rotatable bonds is 6. The third-order valence-corrected chi connectivity index (χ3v) is 5.04. The lowest BCUT2D eigenvalue weighted by molar-refractivity contribution is 0.0952. The minimum absolute atomic E-state index is 0.146. The number of hydrogen-bond donors (Lipinski definition) is 2. The maximum atomic E-state index is 12.9. The second-order valence-corrected chi connectivity index (χ2v) is 7.71. The molecule has 4 rings (SSSR count). The molecule has 0 saturated heterocycles. The molecule has 2 N–H and O–H groups in total. The SMILES string of the molecule is CN(C)CCNC(=O)c1cccc2c1nc(Nc1cccc(Cl)c1)c1ccncc12. The second-order valence-electron chi connectivity index (χ2n) is 7.28. The number of para-hydroxylation sites is 1. The van der Waals surface area contributed by atoms with Crippen molar-refractivity contribution in [3.8, 4) is 0 Å². The Morgan fingerprint density at radius 1 is 1.07 bits per heavy atom. The van der Waals surface area contributed by atoms with Crippen LogP contribution < -0.4 is 10.6 Å². The molecular weight excluding hydrogens is 398 g/mol. The molecule has 0 atom stereocenters. The van der Waals surface area contributed by atoms with E-state index < -0.39 is 0 Å². The number of aromatic nitrogens is 2. The molecule has 0 aliphatic heterocycles. The number of nitrogens with zero attached hydrogens (tertiary/aromatic N) is 3. The van der Waals surface area contributed by atoms with Gasteiger partial charge in [0.05, 0.1) is 11.1 Å². The van der Waals surface area contributed by atoms with Gasteiger partial charge in [-0.25, -0.2) is 4.98 Å². The maximum Gasteiger partial charge on any atom is 0.253 e. The summed E-state index contributed by atoms with van der Waals surface area (Å²) in [7, 11) is 3.94. The first kappa shape index (κ1) is 20.1. The van der Waals surface area contributed by atoms with E-state index in [1.807, 2.05) is 61.5 Å². The van der Waals surface area contributed by atoms with Gasteiger partial charge in [-0.15, -0.1) is 0 Å². The number of pyridine rings is 2. The van der Waals surface area contributed by atoms with Crippen LogP contribution in [0.15, 0.2) is 60.9 Å². The van der Waals surface area contributed by atoms with Gasteiger partial charge in [0.25, 0.3) is 5.91 Å². The number of carbonyl (C=O) groups excluding carboxylic acids is 1. The minimum atomic E-state index is -0.146. The Morgan fingerprint density at radius 2 is 1.90 bits per heavy atom. The van der Waals surface area contributed by atoms with Crippen molar-refractivity contribution >= 4 is 50.7 Å². The van der Waals surface area contributed by atoms with Crippen molar-refractivity contribution in [3.05, 3.63) is 71.5 Å². The van der Waals surface area contributed by atoms with Gasteiger partial charge in [0.2, 0.25) is 0 Å². The first-order valence-corrected chi connectivity index (χ1v) is 10.0. The molecule has 7 heteroatoms. The highest BCUT2D eigenvalue weighted by molar-refractivity contribution is 6.30. The van der Waals surface area contributed by atoms with E-state index in [0.29, 0.717) is 28.5 Å². The van der Waals surface area contributed by atoms with Crippen LogP contribution in [-0.4, -0.2) is 48.0 Å². The Morgan fingerprint density at radius 3 is 2.70 bits per heavy atom. The van der Waals surface area contributed by atoms with Crippen molar-refractivity contribution in [2.24, 2.45) is 0 Å². The van der Waals surface area contributed by atoms with Crippen LogP contribution in [0.25, 0.3) is 21.7 Å². The number of likely N-dealkylation sites (N-methyl/N-ethyl adjacent to an activating group) is 1. The molecule has 0 unspecified atom stereocenters. The molecule has 0 aliphatic carbocycles. The summed E-state index contributed by atoms with van der Waals surface area (Å²) in [5, 5.41) is 9.68. The summed E-state index contributed by atoms with van der Waals surface area (Å²) in [5.41, 5.74) is 1.98. The van der Waals surface area contributed by atoms with E-state index in [1.54, 1.807) is 18.5 Å². The van der Waals surface area contributed by atoms with Gasteiger partial charge < -0.3 is 15.5 Å². The number of benzene rings is 2. The first-order valence-electron chi connectivity index (χ1n) is 9.65. The molecule has 2 aromatic heterocycles. The molecule has 2 aromatic carbocycles. The molecule has 0 aliphatic rings. The van der Waals surface area contributed by atoms with Gasteiger partial charge in [-0.1, -0.05) is 29.8 Å². The monoisotopic (exact) mass is 419 g/mol. The number of nitrogens with one attached hydrogen (secondary N) is 2. The van der Waals surface area contributed by atoms with Gasteiger partial charge in [0, 0.05) is 52.4 Å². The van der Waals surface area contributed by atoms with E-state index in [0.717, 1.165) is 28.4 Å². The standard InChI is InChI=1S/C23H22ClN5O/c1-29(2)12-11-26-23(30)19-8-4-7-17-20-14-25-10-9-18(20)22(28-21(17)19)27-16-6-3-5-15(24)13-16/h3-10,13-14H,11-12H2,1-2H3,(H,26,30)(H,27,28). The lowest BCUT2D eigenvalue weighted by Gasteiger charge is -2.14. The molecule has 0 fully saturated rings. The van der Waals surface area contributed by atoms with E-state index in [9.17, 15) is 4.79 Å². The van der Waals surface area contributed by atoms with Crippen molar-refractivity contribution in [3.63, 3.8) is 0 Å². The van der Waals surface area contributed by atoms with E-state index >= 15 is 0 Å². The Labute approximate surface area is 179 Å². The normalized spacial score (nSPS) is 11.2. The molecule has 1 amide bonds. The van der Waals surface area contributed by atoms with Crippen LogP contribution >= 0.6 is 11.6 Å². The fraction of sp³-hybridized carbons (Fsp3) is 0.174. The van der Waals surface area contributed by atoms with Crippen LogP contribution in [-0.2, 0) is 0 Å². The lowest BCUT2D eigenvalue weighted by atomic mass is 10.0. The third-order valence-electron chi connectivity index (χ3n) is 4.80. The lowest BCUT2D eigenvalue weighted by Crippen LogP contribution is -2.31. The molecule has 0 bridgehead atoms. The smallest absolute Gasteiger partial charge is 0.253 e. The van der Waals surface area contributed by atoms with E-state index in [-0.39, 0.29) is 5.91 Å². The minimum Gasteiger partial charge on any atom is -0.351 e. The van der Waals surface area contributed by atoms with Crippen LogP contribution in [0.3, 0.4) is 0 Å². The van der Waals surface area contributed by atoms with E-state index in [4.69, 9.17) is 16.6 Å². The van der Waals surface area contributed by atoms with Crippen molar-refractivity contribution in [2.45, 2.75) is 0 Å². The van der Waals surface area contributed by atoms with Crippen LogP contribution in [0.4, 0.5) is 11.5 Å². The summed E-state index contributed by atoms with van der Waals surface area (Å²) < 4.78 is 0. The summed E-state index contributed by atoms with van der Waals surface area (Å²) in [6, 6.07) is 15.0. The first-order chi connectivity index (χ1) is 14.5. The second kappa shape index (κ2) is 8.65. The predicted octanol–water partition coefficient (Wildman–Crippen LogP) is 4.47. The van der Waals surface area contributed by atoms with Crippen molar-refractivity contribution in [1.82, 2.24) is 20.2 Å². The zero-order valence-electron chi connectivity index (χ0n) is 16.8. The number of fused-ring (bicyclic) bond motifs is 3. The number of anilines is 2. The fourth-order valence-corrected chi connectivity index (χ4v) is 3.53. The zero-order valence-corrected chi connectivity index (χ0v) is 17.6. The van der Waals surface area contributed by atoms with Gasteiger partial charge in [-0.3, -0.25) is 9.78 Å². The summed E-state index contributed by atoms with van der Waals surface area (Å²) in [6.07, 6.45) is 3.53. The van der Waals surface area contributed by atoms with Gasteiger partial charge in [0.1, 0.15) is 5.82 Å². The molecule has 4 aromatic rings. The fourth-order valence-electron chi connectivity index (χ4n) is 3.34. The van der Waals surface area contributed by atoms with E-state index in [1.165, 1.54) is 0 Å². The molecule has 0 radical (unpaired) electrons. The highest BCUT2D eigenvalue weighted by atomic mass is 35.5. The van der Waals surface area contributed by atoms with E-state index in [2.05, 4.69) is 15.6 Å². The predicted molar refractivity (Wildman–Crippen MR) is 123 cm³/mol. The van der Waals surface area contributed by atoms with Crippen molar-refractivity contribution in [1.29, 1.82) is 0 Å². The third kappa shape index (κ3) is 4.20. The summed E-state index contributed by atoms with van der Waals surface area (Å²) >= 11 is 6.14. The molecule has 2 heterocycles. The average molecular weight is 420 g/mol. The van der Waals surface area contributed by atoms with Crippen LogP contribution in [0, 0.1) is 0 Å². The summed E-state index contributed by atoms with van der Waals surface area (Å²) in [6.45, 7) is 1.32. The molecule has 152 valence electrons. The van der Waals surface area contributed by atoms with Crippen LogP contribution in [0.1, 0.15) is 10.4 Å². The van der Waals surface area contributed by atoms with Gasteiger partial charge in [-0.2, -0.15) is 0 Å². The molecule has 0 saturated carbocycles. The molecular formula is C23H22ClN5O. The molecule has 0 spiro atoms. The van der Waals surface area contributed by atoms with Crippen molar-refractivity contribution in [2.75, 3.05) is 32.5 Å². The average Bonchev–Trinajstić information content (AvgIpc) is 2.73. The summed E-state index contributed by atoms with van der Waals surface area (Å²) in [5.74, 6) is 0.502. The zero-order chi connectivity index (χ0) is 21.1. The quantitative estimate of drug-likeness (QED) is 0.451. The Kier molecular flexibility index (Phi) is 5.79. The highest BCUT2D eigenvalue weighted by Gasteiger charge is 2.15. The van der Waals surface area contributed by atoms with Crippen LogP contribution in [0.5, 0.6) is 0 Å². The largest absolute Gasteiger partial charge is 0.351 e. The maximum absolute atomic E-state index is 12.9. The number of halogens is 1. The number of carbonyl (C=O) groups is 1. The Balaban J connectivity index is 1.82. The Bertz CT molecular complexity index is 1220. The van der Waals surface area contributed by atoms with Crippen molar-refractivity contribution < 1.29 is 4.79 Å². The number of amides is 1. The highest BCUT2D eigenvalue weighted by Crippen LogP contribution is 2.32. The van der Waals surface area contributed by atoms with Gasteiger partial charge in [0.15, 0.2) is 0 Å². The molecule has 30 heavy (non-hydrogen) atoms. The Hall–Kier alpha value is -3.22. The number of hydrogen-bond acceptors (Lipinski definition) is 5. The molecule has 6 nitrogen and oxygen atoms in total.